The number of nitrogens with one attached hydrogen (secondary N) is 1. The van der Waals surface area contributed by atoms with Gasteiger partial charge in [-0.2, -0.15) is 0 Å². The number of hydrogen-bond donors (Lipinski definition) is 2. The SMILES string of the molecule is Cc1onc(-c2c(F)cccc2Cl)c1C(=O)NCCSCC(=O)O. The van der Waals surface area contributed by atoms with Crippen LogP contribution in [0.2, 0.25) is 5.02 Å². The number of aromatic nitrogens is 1. The van der Waals surface area contributed by atoms with Gasteiger partial charge in [-0.15, -0.1) is 11.8 Å². The molecule has 0 aliphatic heterocycles. The summed E-state index contributed by atoms with van der Waals surface area (Å²) in [7, 11) is 0. The minimum atomic E-state index is -0.919. The number of halogens is 2. The molecule has 2 N–H and O–H groups in total. The first-order chi connectivity index (χ1) is 11.4. The van der Waals surface area contributed by atoms with E-state index in [-0.39, 0.29) is 39.9 Å². The highest BCUT2D eigenvalue weighted by atomic mass is 35.5. The number of carbonyl (C=O) groups excluding carboxylic acids is 1. The zero-order chi connectivity index (χ0) is 17.7. The van der Waals surface area contributed by atoms with Crippen molar-refractivity contribution in [1.82, 2.24) is 10.5 Å². The highest BCUT2D eigenvalue weighted by Crippen LogP contribution is 2.33. The van der Waals surface area contributed by atoms with Crippen LogP contribution in [0.5, 0.6) is 0 Å². The van der Waals surface area contributed by atoms with Gasteiger partial charge in [0.15, 0.2) is 0 Å². The summed E-state index contributed by atoms with van der Waals surface area (Å²) in [6.07, 6.45) is 0. The summed E-state index contributed by atoms with van der Waals surface area (Å²) < 4.78 is 19.1. The zero-order valence-electron chi connectivity index (χ0n) is 12.6. The molecule has 0 spiro atoms. The van der Waals surface area contributed by atoms with Crippen molar-refractivity contribution in [3.8, 4) is 11.3 Å². The van der Waals surface area contributed by atoms with Gasteiger partial charge in [0.1, 0.15) is 22.8 Å². The molecule has 0 radical (unpaired) electrons. The van der Waals surface area contributed by atoms with Crippen LogP contribution in [0.4, 0.5) is 4.39 Å². The van der Waals surface area contributed by atoms with Gasteiger partial charge in [-0.1, -0.05) is 22.8 Å². The first-order valence-corrected chi connectivity index (χ1v) is 8.43. The first-order valence-electron chi connectivity index (χ1n) is 6.90. The van der Waals surface area contributed by atoms with Crippen LogP contribution in [0.1, 0.15) is 16.1 Å². The van der Waals surface area contributed by atoms with E-state index in [9.17, 15) is 14.0 Å². The summed E-state index contributed by atoms with van der Waals surface area (Å²) in [4.78, 5) is 22.8. The summed E-state index contributed by atoms with van der Waals surface area (Å²) in [5, 5.41) is 15.0. The van der Waals surface area contributed by atoms with E-state index in [4.69, 9.17) is 21.2 Å². The van der Waals surface area contributed by atoms with Gasteiger partial charge in [-0.25, -0.2) is 4.39 Å². The number of thioether (sulfide) groups is 1. The molecular weight excluding hydrogens is 359 g/mol. The van der Waals surface area contributed by atoms with E-state index >= 15 is 0 Å². The molecule has 6 nitrogen and oxygen atoms in total. The molecule has 0 aliphatic carbocycles. The number of nitrogens with zero attached hydrogens (tertiary/aromatic N) is 1. The smallest absolute Gasteiger partial charge is 0.313 e. The fourth-order valence-corrected chi connectivity index (χ4v) is 2.84. The highest BCUT2D eigenvalue weighted by Gasteiger charge is 2.25. The van der Waals surface area contributed by atoms with Crippen molar-refractivity contribution in [2.24, 2.45) is 0 Å². The number of carboxylic acid groups (broad SMARTS) is 1. The Morgan fingerprint density at radius 2 is 2.21 bits per heavy atom. The fraction of sp³-hybridized carbons (Fsp3) is 0.267. The predicted molar refractivity (Wildman–Crippen MR) is 88.9 cm³/mol. The Morgan fingerprint density at radius 3 is 2.88 bits per heavy atom. The second-order valence-corrected chi connectivity index (χ2v) is 6.27. The molecule has 0 fully saturated rings. The lowest BCUT2D eigenvalue weighted by molar-refractivity contribution is -0.133. The van der Waals surface area contributed by atoms with Crippen molar-refractivity contribution >= 4 is 35.2 Å². The van der Waals surface area contributed by atoms with Gasteiger partial charge in [-0.3, -0.25) is 9.59 Å². The standard InChI is InChI=1S/C15H14ClFN2O4S/c1-8-12(15(22)18-5-6-24-7-11(20)21)14(19-23-8)13-9(16)3-2-4-10(13)17/h2-4H,5-7H2,1H3,(H,18,22)(H,20,21). The number of rotatable bonds is 7. The van der Waals surface area contributed by atoms with Gasteiger partial charge in [0.2, 0.25) is 0 Å². The second kappa shape index (κ2) is 8.16. The minimum absolute atomic E-state index is 0.00131. The van der Waals surface area contributed by atoms with Crippen molar-refractivity contribution in [2.45, 2.75) is 6.92 Å². The fourth-order valence-electron chi connectivity index (χ4n) is 2.02. The molecule has 0 atom stereocenters. The summed E-state index contributed by atoms with van der Waals surface area (Å²) in [5.74, 6) is -1.39. The summed E-state index contributed by atoms with van der Waals surface area (Å²) >= 11 is 7.19. The third-order valence-electron chi connectivity index (χ3n) is 3.05. The summed E-state index contributed by atoms with van der Waals surface area (Å²) in [6, 6.07) is 4.16. The lowest BCUT2D eigenvalue weighted by Gasteiger charge is -2.07. The molecule has 2 rings (SSSR count). The van der Waals surface area contributed by atoms with Gasteiger partial charge >= 0.3 is 5.97 Å². The number of aryl methyl sites for hydroxylation is 1. The normalized spacial score (nSPS) is 10.6. The maximum atomic E-state index is 14.1. The van der Waals surface area contributed by atoms with Crippen LogP contribution >= 0.6 is 23.4 Å². The third kappa shape index (κ3) is 4.27. The van der Waals surface area contributed by atoms with E-state index in [1.807, 2.05) is 0 Å². The molecule has 0 aliphatic rings. The summed E-state index contributed by atoms with van der Waals surface area (Å²) in [5.41, 5.74) is 0.137. The van der Waals surface area contributed by atoms with Gasteiger partial charge in [-0.05, 0) is 19.1 Å². The van der Waals surface area contributed by atoms with E-state index in [1.54, 1.807) is 6.92 Å². The lowest BCUT2D eigenvalue weighted by Crippen LogP contribution is -2.26. The topological polar surface area (TPSA) is 92.4 Å². The number of benzene rings is 1. The number of carbonyl (C=O) groups is 2. The van der Waals surface area contributed by atoms with E-state index in [1.165, 1.54) is 30.0 Å². The number of aliphatic carboxylic acids is 1. The van der Waals surface area contributed by atoms with E-state index in [0.29, 0.717) is 5.75 Å². The Bertz CT molecular complexity index is 746. The van der Waals surface area contributed by atoms with E-state index < -0.39 is 17.7 Å². The van der Waals surface area contributed by atoms with Crippen LogP contribution in [-0.2, 0) is 4.79 Å². The number of amides is 1. The molecule has 9 heteroatoms. The van der Waals surface area contributed by atoms with Crippen LogP contribution in [0, 0.1) is 12.7 Å². The van der Waals surface area contributed by atoms with E-state index in [0.717, 1.165) is 0 Å². The molecule has 0 unspecified atom stereocenters. The maximum absolute atomic E-state index is 14.1. The van der Waals surface area contributed by atoms with Crippen molar-refractivity contribution in [1.29, 1.82) is 0 Å². The molecule has 1 heterocycles. The molecule has 0 saturated heterocycles. The zero-order valence-corrected chi connectivity index (χ0v) is 14.2. The largest absolute Gasteiger partial charge is 0.481 e. The van der Waals surface area contributed by atoms with Crippen molar-refractivity contribution < 1.29 is 23.6 Å². The Labute approximate surface area is 146 Å². The van der Waals surface area contributed by atoms with Crippen LogP contribution in [-0.4, -0.2) is 40.2 Å². The second-order valence-electron chi connectivity index (χ2n) is 4.76. The van der Waals surface area contributed by atoms with Crippen molar-refractivity contribution in [3.63, 3.8) is 0 Å². The molecule has 1 amide bonds. The molecule has 128 valence electrons. The molecule has 2 aromatic rings. The van der Waals surface area contributed by atoms with Crippen molar-refractivity contribution in [3.05, 3.63) is 40.4 Å². The molecule has 1 aromatic heterocycles. The quantitative estimate of drug-likeness (QED) is 0.726. The third-order valence-corrected chi connectivity index (χ3v) is 4.31. The van der Waals surface area contributed by atoms with Crippen LogP contribution in [0.3, 0.4) is 0 Å². The average molecular weight is 373 g/mol. The van der Waals surface area contributed by atoms with Crippen molar-refractivity contribution in [2.75, 3.05) is 18.1 Å². The van der Waals surface area contributed by atoms with Crippen LogP contribution < -0.4 is 5.32 Å². The Kier molecular flexibility index (Phi) is 6.22. The summed E-state index contributed by atoms with van der Waals surface area (Å²) in [6.45, 7) is 1.80. The highest BCUT2D eigenvalue weighted by molar-refractivity contribution is 7.99. The minimum Gasteiger partial charge on any atom is -0.481 e. The monoisotopic (exact) mass is 372 g/mol. The molecular formula is C15H14ClFN2O4S. The van der Waals surface area contributed by atoms with Crippen LogP contribution in [0.15, 0.2) is 22.7 Å². The van der Waals surface area contributed by atoms with Crippen LogP contribution in [0.25, 0.3) is 11.3 Å². The van der Waals surface area contributed by atoms with Gasteiger partial charge in [0.05, 0.1) is 16.3 Å². The first kappa shape index (κ1) is 18.3. The van der Waals surface area contributed by atoms with Gasteiger partial charge in [0.25, 0.3) is 5.91 Å². The average Bonchev–Trinajstić information content (AvgIpc) is 2.88. The lowest BCUT2D eigenvalue weighted by atomic mass is 10.0. The maximum Gasteiger partial charge on any atom is 0.313 e. The predicted octanol–water partition coefficient (Wildman–Crippen LogP) is 2.99. The number of hydrogen-bond acceptors (Lipinski definition) is 5. The van der Waals surface area contributed by atoms with Gasteiger partial charge in [0, 0.05) is 12.3 Å². The van der Waals surface area contributed by atoms with Gasteiger partial charge < -0.3 is 14.9 Å². The Hall–Kier alpha value is -2.06. The molecule has 0 bridgehead atoms. The molecule has 0 saturated carbocycles. The molecule has 1 aromatic carbocycles. The Morgan fingerprint density at radius 1 is 1.46 bits per heavy atom. The van der Waals surface area contributed by atoms with E-state index in [2.05, 4.69) is 10.5 Å². The number of carboxylic acids is 1. The Balaban J connectivity index is 2.15. The molecule has 24 heavy (non-hydrogen) atoms.